The van der Waals surface area contributed by atoms with Crippen molar-refractivity contribution in [2.24, 2.45) is 22.0 Å². The van der Waals surface area contributed by atoms with Crippen molar-refractivity contribution in [1.29, 1.82) is 0 Å². The number of esters is 1. The van der Waals surface area contributed by atoms with Crippen LogP contribution in [0.15, 0.2) is 33.9 Å². The molecule has 5 aliphatic rings. The van der Waals surface area contributed by atoms with Gasteiger partial charge < -0.3 is 72.4 Å². The monoisotopic (exact) mass is 1010 g/mol. The number of fused-ring (bicyclic) bond motifs is 4. The fourth-order valence-electron chi connectivity index (χ4n) is 7.54. The molecule has 0 spiro atoms. The van der Waals surface area contributed by atoms with Crippen LogP contribution >= 0.6 is 34.7 Å². The van der Waals surface area contributed by atoms with Gasteiger partial charge in [-0.15, -0.1) is 23.1 Å². The maximum absolute atomic E-state index is 13.5. The fourth-order valence-corrected chi connectivity index (χ4v) is 9.67. The van der Waals surface area contributed by atoms with Gasteiger partial charge in [-0.2, -0.15) is 0 Å². The number of carboxylic acids is 2. The summed E-state index contributed by atoms with van der Waals surface area (Å²) in [6.45, 7) is 6.59. The molecule has 23 nitrogen and oxygen atoms in total. The smallest absolute Gasteiger partial charge is 0.546 e. The molecular formula is C40H57ClN10NaO13S2+. The number of β-lactam (4-membered cyclic amide) rings is 1. The number of hydrogen-bond donors (Lipinski definition) is 9. The minimum Gasteiger partial charge on any atom is -0.546 e. The average molecular weight is 1010 g/mol. The number of aromatic nitrogens is 1. The first kappa shape index (κ1) is 58.4. The first-order valence-electron chi connectivity index (χ1n) is 20.6. The number of hydrogen-bond acceptors (Lipinski definition) is 19. The summed E-state index contributed by atoms with van der Waals surface area (Å²) in [6.07, 6.45) is 2.68. The summed E-state index contributed by atoms with van der Waals surface area (Å²) >= 11 is 8.03. The molecule has 4 saturated heterocycles. The molecule has 12 N–H and O–H groups in total. The van der Waals surface area contributed by atoms with Gasteiger partial charge in [0.15, 0.2) is 28.9 Å². The molecule has 0 unspecified atom stereocenters. The summed E-state index contributed by atoms with van der Waals surface area (Å²) < 4.78 is 5.83. The fraction of sp³-hybridized carbons (Fsp3) is 0.525. The van der Waals surface area contributed by atoms with E-state index in [1.807, 2.05) is 13.8 Å². The molecule has 0 saturated carbocycles. The van der Waals surface area contributed by atoms with E-state index in [1.165, 1.54) is 55.4 Å². The first-order chi connectivity index (χ1) is 31.3. The number of ether oxygens (including phenoxy) is 1. The van der Waals surface area contributed by atoms with Gasteiger partial charge in [0, 0.05) is 61.4 Å². The van der Waals surface area contributed by atoms with Crippen molar-refractivity contribution in [1.82, 2.24) is 25.8 Å². The number of thioether (sulfide) groups is 1. The topological polar surface area (TPSA) is 364 Å². The van der Waals surface area contributed by atoms with Gasteiger partial charge in [-0.3, -0.25) is 28.9 Å². The number of oxime groups is 1. The van der Waals surface area contributed by atoms with Crippen molar-refractivity contribution in [2.45, 2.75) is 63.4 Å². The van der Waals surface area contributed by atoms with Crippen LogP contribution in [0.4, 0.5) is 5.13 Å². The number of amides is 4. The first-order valence-corrected chi connectivity index (χ1v) is 22.9. The second kappa shape index (κ2) is 26.7. The standard InChI is InChI=1S/C29H38N8O10S2.C8H8ClNO3.C2H6.CH5N.Na/c1-46-27(45)22-15(10-37-7-4-29(5-8-37,6-9-37)14-32-18(38)3-2-16(30)26(43)44)12-48-25-21(24(42)36(22)25)34-23(41)20(35-47-11-19(39)40)17-13-49-28(31)33-17;1-10-8(13)4-2-3-5(11)7(12)6(4)9;2*1-2;/h13,16,21,25H,2-12,14,30H2,1H3,(H5-,31,32,33,34,38,39,40,41,43,44);2-3,11-12H,1H3,(H,10,13);1-2H3;2H2,1H3;/q;;;;+1/b35-20-;;;;/t16-,21+,25+,29?,37?;;;;/m0..../s1. The van der Waals surface area contributed by atoms with Gasteiger partial charge in [0.2, 0.25) is 5.91 Å². The Labute approximate surface area is 422 Å². The van der Waals surface area contributed by atoms with Crippen molar-refractivity contribution in [3.8, 4) is 11.5 Å². The Hall–Kier alpha value is -4.73. The van der Waals surface area contributed by atoms with E-state index < -0.39 is 65.4 Å². The number of halogens is 1. The Bertz CT molecular complexity index is 2170. The number of anilines is 1. The van der Waals surface area contributed by atoms with Crippen molar-refractivity contribution in [3.63, 3.8) is 0 Å². The summed E-state index contributed by atoms with van der Waals surface area (Å²) in [7, 11) is 4.19. The number of piperidine rings is 3. The number of phenolic OH excluding ortho intramolecular Hbond substituents is 2. The van der Waals surface area contributed by atoms with Crippen LogP contribution in [0.5, 0.6) is 11.5 Å². The normalized spacial score (nSPS) is 21.6. The van der Waals surface area contributed by atoms with E-state index in [0.717, 1.165) is 60.3 Å². The van der Waals surface area contributed by atoms with E-state index in [0.29, 0.717) is 18.8 Å². The number of carbonyl (C=O) groups is 7. The molecule has 67 heavy (non-hydrogen) atoms. The molecule has 2 bridgehead atoms. The Balaban J connectivity index is 0.000000729. The zero-order valence-electron chi connectivity index (χ0n) is 38.1. The van der Waals surface area contributed by atoms with Gasteiger partial charge in [-0.25, -0.2) is 9.78 Å². The number of aromatic hydroxyl groups is 2. The number of carboxylic acid groups (broad SMARTS) is 2. The van der Waals surface area contributed by atoms with Gasteiger partial charge in [0.25, 0.3) is 17.7 Å². The van der Waals surface area contributed by atoms with Crippen LogP contribution in [0.1, 0.15) is 62.0 Å². The zero-order chi connectivity index (χ0) is 49.5. The van der Waals surface area contributed by atoms with E-state index in [2.05, 4.69) is 31.8 Å². The van der Waals surface area contributed by atoms with Crippen LogP contribution in [0.3, 0.4) is 0 Å². The van der Waals surface area contributed by atoms with Crippen LogP contribution < -0.4 is 67.8 Å². The molecule has 3 atom stereocenters. The predicted molar refractivity (Wildman–Crippen MR) is 242 cm³/mol. The Morgan fingerprint density at radius 3 is 2.28 bits per heavy atom. The molecule has 0 radical (unpaired) electrons. The van der Waals surface area contributed by atoms with Crippen molar-refractivity contribution in [2.75, 3.05) is 72.0 Å². The second-order valence-electron chi connectivity index (χ2n) is 15.0. The van der Waals surface area contributed by atoms with Crippen LogP contribution in [0, 0.1) is 5.41 Å². The third-order valence-electron chi connectivity index (χ3n) is 11.1. The van der Waals surface area contributed by atoms with Gasteiger partial charge >= 0.3 is 41.5 Å². The van der Waals surface area contributed by atoms with Crippen LogP contribution in [0.25, 0.3) is 0 Å². The minimum absolute atomic E-state index is 0. The van der Waals surface area contributed by atoms with Gasteiger partial charge in [-0.05, 0) is 25.6 Å². The molecule has 1 aromatic carbocycles. The largest absolute Gasteiger partial charge is 1.00 e. The van der Waals surface area contributed by atoms with E-state index >= 15 is 0 Å². The maximum Gasteiger partial charge on any atom is 1.00 e. The van der Waals surface area contributed by atoms with Crippen molar-refractivity contribution < 1.29 is 97.6 Å². The van der Waals surface area contributed by atoms with Gasteiger partial charge in [0.05, 0.1) is 43.3 Å². The molecule has 27 heteroatoms. The van der Waals surface area contributed by atoms with Gasteiger partial charge in [-0.1, -0.05) is 30.6 Å². The molecule has 364 valence electrons. The van der Waals surface area contributed by atoms with Crippen molar-refractivity contribution >= 4 is 87.1 Å². The van der Waals surface area contributed by atoms with Crippen LogP contribution in [-0.2, 0) is 38.3 Å². The molecule has 4 fully saturated rings. The summed E-state index contributed by atoms with van der Waals surface area (Å²) in [6, 6.07) is 0.433. The number of carbonyl (C=O) groups excluding carboxylic acids is 6. The molecule has 5 aliphatic heterocycles. The molecule has 0 aliphatic carbocycles. The molecule has 6 heterocycles. The molecular weight excluding hydrogens is 951 g/mol. The molecule has 2 aromatic rings. The van der Waals surface area contributed by atoms with Crippen LogP contribution in [-0.4, -0.2) is 161 Å². The molecule has 1 aromatic heterocycles. The number of phenols is 2. The Morgan fingerprint density at radius 2 is 1.75 bits per heavy atom. The summed E-state index contributed by atoms with van der Waals surface area (Å²) in [5.41, 5.74) is 16.4. The average Bonchev–Trinajstić information content (AvgIpc) is 3.76. The number of nitrogens with zero attached hydrogens (tertiary/aromatic N) is 4. The number of benzene rings is 1. The number of thiazole rings is 1. The third kappa shape index (κ3) is 14.6. The van der Waals surface area contributed by atoms with E-state index in [9.17, 15) is 38.7 Å². The van der Waals surface area contributed by atoms with Gasteiger partial charge in [0.1, 0.15) is 35.4 Å². The number of nitrogens with one attached hydrogen (secondary N) is 3. The maximum atomic E-state index is 13.5. The van der Waals surface area contributed by atoms with E-state index in [1.54, 1.807) is 0 Å². The zero-order valence-corrected chi connectivity index (χ0v) is 42.5. The number of nitrogen functional groups attached to an aromatic ring is 1. The van der Waals surface area contributed by atoms with Crippen molar-refractivity contribution in [3.05, 3.63) is 45.1 Å². The summed E-state index contributed by atoms with van der Waals surface area (Å²) in [4.78, 5) is 95.1. The Morgan fingerprint density at radius 1 is 1.12 bits per heavy atom. The predicted octanol–water partition coefficient (Wildman–Crippen LogP) is -3.95. The molecule has 4 amide bonds. The van der Waals surface area contributed by atoms with E-state index in [4.69, 9.17) is 48.0 Å². The summed E-state index contributed by atoms with van der Waals surface area (Å²) in [5, 5.41) is 50.2. The third-order valence-corrected chi connectivity index (χ3v) is 13.5. The number of methoxy groups -OCH3 is 1. The Kier molecular flexibility index (Phi) is 23.3. The number of nitrogens with two attached hydrogens (primary N) is 3. The quantitative estimate of drug-likeness (QED) is 0.0147. The molecule has 7 rings (SSSR count). The SMILES string of the molecule is CC.CN.CNC(=O)c1ccc(O)c(O)c1Cl.COC(=O)C1=C(C[N+]23CCC(CNC(=O)CC[C@H](N)C(=O)O)(CC2)CC3)CS[C@@H]2[C@H](NC(=O)/C(=N\OCC(=O)[O-])c3csc(N)n3)C(=O)N12.[Na+]. The second-order valence-corrected chi connectivity index (χ2v) is 17.4. The number of quaternary nitrogens is 1. The summed E-state index contributed by atoms with van der Waals surface area (Å²) in [5.74, 6) is -5.76. The minimum atomic E-state index is -1.55. The van der Waals surface area contributed by atoms with E-state index in [-0.39, 0.29) is 92.3 Å². The number of aliphatic carboxylic acids is 2. The number of rotatable bonds is 16. The van der Waals surface area contributed by atoms with Crippen LogP contribution in [0.2, 0.25) is 5.02 Å².